The number of aliphatic hydroxyl groups is 2. The molecule has 35 heavy (non-hydrogen) atoms. The van der Waals surface area contributed by atoms with Gasteiger partial charge in [-0.15, -0.1) is 0 Å². The van der Waals surface area contributed by atoms with Gasteiger partial charge in [-0.25, -0.2) is 0 Å². The molecule has 0 amide bonds. The maximum Gasteiger partial charge on any atom is 0.138 e. The first-order valence-electron chi connectivity index (χ1n) is 12.6. The molecule has 0 bridgehead atoms. The Morgan fingerprint density at radius 2 is 1.77 bits per heavy atom. The van der Waals surface area contributed by atoms with Crippen molar-refractivity contribution in [3.8, 4) is 11.5 Å². The Morgan fingerprint density at radius 1 is 1.09 bits per heavy atom. The first-order valence-corrected chi connectivity index (χ1v) is 12.9. The van der Waals surface area contributed by atoms with Crippen molar-refractivity contribution in [3.05, 3.63) is 58.6 Å². The molecule has 1 aliphatic rings. The van der Waals surface area contributed by atoms with Crippen LogP contribution in [0.2, 0.25) is 5.02 Å². The summed E-state index contributed by atoms with van der Waals surface area (Å²) in [7, 11) is 0. The highest BCUT2D eigenvalue weighted by Crippen LogP contribution is 2.29. The van der Waals surface area contributed by atoms with Crippen molar-refractivity contribution in [2.75, 3.05) is 32.8 Å². The third-order valence-electron chi connectivity index (χ3n) is 6.68. The number of aryl methyl sites for hydroxylation is 1. The van der Waals surface area contributed by atoms with Crippen LogP contribution in [0.3, 0.4) is 0 Å². The van der Waals surface area contributed by atoms with Gasteiger partial charge in [0.15, 0.2) is 0 Å². The van der Waals surface area contributed by atoms with Gasteiger partial charge in [0.25, 0.3) is 0 Å². The fourth-order valence-electron chi connectivity index (χ4n) is 4.68. The van der Waals surface area contributed by atoms with E-state index < -0.39 is 11.7 Å². The largest absolute Gasteiger partial charge is 0.492 e. The van der Waals surface area contributed by atoms with Crippen LogP contribution in [0, 0.1) is 6.92 Å². The van der Waals surface area contributed by atoms with Crippen molar-refractivity contribution < 1.29 is 19.7 Å². The van der Waals surface area contributed by atoms with E-state index in [1.807, 2.05) is 31.2 Å². The summed E-state index contributed by atoms with van der Waals surface area (Å²) >= 11 is 6.23. The van der Waals surface area contributed by atoms with Crippen LogP contribution in [0.25, 0.3) is 0 Å². The quantitative estimate of drug-likeness (QED) is 0.469. The average Bonchev–Trinajstić information content (AvgIpc) is 2.80. The molecule has 0 saturated carbocycles. The zero-order valence-electron chi connectivity index (χ0n) is 21.7. The summed E-state index contributed by atoms with van der Waals surface area (Å²) in [5.74, 6) is 1.38. The standard InChI is InChI=1S/C28H41ClN2O4/c1-20(2)31(21(3)4)14-15-34-24-9-7-23(8-10-24)17-30-13-12-27(32)28(33,18-30)19-35-26-16-22(5)6-11-25(26)29/h6-11,16,20-21,27,32-33H,12-15,17-19H2,1-5H3/t27-,28-/m0/s1. The number of rotatable bonds is 11. The van der Waals surface area contributed by atoms with Crippen molar-refractivity contribution >= 4 is 11.6 Å². The molecule has 0 aromatic heterocycles. The van der Waals surface area contributed by atoms with E-state index in [2.05, 4.69) is 49.6 Å². The van der Waals surface area contributed by atoms with E-state index in [-0.39, 0.29) is 6.61 Å². The first-order chi connectivity index (χ1) is 16.6. The van der Waals surface area contributed by atoms with Crippen molar-refractivity contribution in [2.24, 2.45) is 0 Å². The summed E-state index contributed by atoms with van der Waals surface area (Å²) < 4.78 is 11.8. The molecule has 194 valence electrons. The minimum Gasteiger partial charge on any atom is -0.492 e. The predicted octanol–water partition coefficient (Wildman–Crippen LogP) is 4.52. The van der Waals surface area contributed by atoms with Crippen LogP contribution in [-0.2, 0) is 6.54 Å². The van der Waals surface area contributed by atoms with E-state index >= 15 is 0 Å². The minimum absolute atomic E-state index is 0.0234. The monoisotopic (exact) mass is 504 g/mol. The highest BCUT2D eigenvalue weighted by Gasteiger charge is 2.42. The number of ether oxygens (including phenoxy) is 2. The minimum atomic E-state index is -1.37. The van der Waals surface area contributed by atoms with Gasteiger partial charge >= 0.3 is 0 Å². The molecule has 0 aliphatic carbocycles. The Labute approximate surface area is 215 Å². The molecule has 1 fully saturated rings. The van der Waals surface area contributed by atoms with E-state index in [0.717, 1.165) is 23.4 Å². The molecule has 2 aromatic rings. The molecule has 2 N–H and O–H groups in total. The van der Waals surface area contributed by atoms with Gasteiger partial charge in [0, 0.05) is 38.3 Å². The molecule has 0 radical (unpaired) electrons. The second-order valence-electron chi connectivity index (χ2n) is 10.3. The zero-order valence-corrected chi connectivity index (χ0v) is 22.5. The van der Waals surface area contributed by atoms with E-state index in [4.69, 9.17) is 21.1 Å². The number of hydrogen-bond acceptors (Lipinski definition) is 6. The van der Waals surface area contributed by atoms with E-state index in [1.54, 1.807) is 6.07 Å². The molecular weight excluding hydrogens is 464 g/mol. The Balaban J connectivity index is 1.52. The number of β-amino-alcohol motifs (C(OH)–C–C–N with tert-alkyl or cyclic N) is 1. The number of hydrogen-bond donors (Lipinski definition) is 2. The molecule has 0 unspecified atom stereocenters. The van der Waals surface area contributed by atoms with Gasteiger partial charge in [-0.1, -0.05) is 29.8 Å². The average molecular weight is 505 g/mol. The molecule has 0 spiro atoms. The van der Waals surface area contributed by atoms with Crippen molar-refractivity contribution in [1.29, 1.82) is 0 Å². The van der Waals surface area contributed by atoms with Gasteiger partial charge in [0.1, 0.15) is 30.3 Å². The molecule has 2 aromatic carbocycles. The Hall–Kier alpha value is -1.83. The van der Waals surface area contributed by atoms with Gasteiger partial charge in [-0.3, -0.25) is 9.80 Å². The second kappa shape index (κ2) is 12.4. The highest BCUT2D eigenvalue weighted by molar-refractivity contribution is 6.32. The highest BCUT2D eigenvalue weighted by atomic mass is 35.5. The van der Waals surface area contributed by atoms with Crippen molar-refractivity contribution in [1.82, 2.24) is 9.80 Å². The summed E-state index contributed by atoms with van der Waals surface area (Å²) in [4.78, 5) is 4.56. The lowest BCUT2D eigenvalue weighted by Crippen LogP contribution is -2.59. The summed E-state index contributed by atoms with van der Waals surface area (Å²) in [6.45, 7) is 14.0. The topological polar surface area (TPSA) is 65.4 Å². The summed E-state index contributed by atoms with van der Waals surface area (Å²) in [6, 6.07) is 14.6. The molecule has 6 nitrogen and oxygen atoms in total. The van der Waals surface area contributed by atoms with Crippen LogP contribution in [0.4, 0.5) is 0 Å². The number of nitrogens with zero attached hydrogens (tertiary/aromatic N) is 2. The Morgan fingerprint density at radius 3 is 2.43 bits per heavy atom. The maximum atomic E-state index is 11.2. The van der Waals surface area contributed by atoms with Gasteiger partial charge in [-0.05, 0) is 76.4 Å². The lowest BCUT2D eigenvalue weighted by atomic mass is 9.90. The van der Waals surface area contributed by atoms with E-state index in [9.17, 15) is 10.2 Å². The van der Waals surface area contributed by atoms with Gasteiger partial charge in [-0.2, -0.15) is 0 Å². The Kier molecular flexibility index (Phi) is 9.85. The van der Waals surface area contributed by atoms with Crippen molar-refractivity contribution in [3.63, 3.8) is 0 Å². The second-order valence-corrected chi connectivity index (χ2v) is 10.7. The number of aliphatic hydroxyl groups excluding tert-OH is 1. The number of piperidine rings is 1. The predicted molar refractivity (Wildman–Crippen MR) is 141 cm³/mol. The fourth-order valence-corrected chi connectivity index (χ4v) is 4.85. The van der Waals surface area contributed by atoms with E-state index in [1.165, 1.54) is 0 Å². The fraction of sp³-hybridized carbons (Fsp3) is 0.571. The zero-order chi connectivity index (χ0) is 25.6. The van der Waals surface area contributed by atoms with E-state index in [0.29, 0.717) is 55.5 Å². The first kappa shape index (κ1) is 27.8. The number of likely N-dealkylation sites (tertiary alicyclic amines) is 1. The molecule has 3 rings (SSSR count). The molecule has 1 heterocycles. The van der Waals surface area contributed by atoms with Gasteiger partial charge < -0.3 is 19.7 Å². The number of benzene rings is 2. The van der Waals surface area contributed by atoms with Crippen molar-refractivity contribution in [2.45, 2.75) is 71.4 Å². The molecule has 2 atom stereocenters. The molecule has 7 heteroatoms. The van der Waals surface area contributed by atoms with Crippen LogP contribution < -0.4 is 9.47 Å². The van der Waals surface area contributed by atoms with Crippen LogP contribution in [0.15, 0.2) is 42.5 Å². The van der Waals surface area contributed by atoms with Gasteiger partial charge in [0.2, 0.25) is 0 Å². The summed E-state index contributed by atoms with van der Waals surface area (Å²) in [6.07, 6.45) is -0.375. The van der Waals surface area contributed by atoms with Crippen LogP contribution in [-0.4, -0.2) is 76.6 Å². The number of halogens is 1. The lowest BCUT2D eigenvalue weighted by molar-refractivity contribution is -0.140. The normalized spacial score (nSPS) is 21.2. The van der Waals surface area contributed by atoms with Crippen LogP contribution in [0.1, 0.15) is 45.2 Å². The third kappa shape index (κ3) is 7.83. The summed E-state index contributed by atoms with van der Waals surface area (Å²) in [5.41, 5.74) is 0.782. The van der Waals surface area contributed by atoms with Crippen LogP contribution in [0.5, 0.6) is 11.5 Å². The third-order valence-corrected chi connectivity index (χ3v) is 6.99. The van der Waals surface area contributed by atoms with Crippen LogP contribution >= 0.6 is 11.6 Å². The maximum absolute atomic E-state index is 11.2. The Bertz CT molecular complexity index is 929. The smallest absolute Gasteiger partial charge is 0.138 e. The lowest BCUT2D eigenvalue weighted by Gasteiger charge is -2.42. The van der Waals surface area contributed by atoms with Gasteiger partial charge in [0.05, 0.1) is 11.1 Å². The molecular formula is C28H41ClN2O4. The molecule has 1 saturated heterocycles. The molecule has 1 aliphatic heterocycles. The SMILES string of the molecule is Cc1ccc(Cl)c(OC[C@@]2(O)CN(Cc3ccc(OCCN(C(C)C)C(C)C)cc3)CC[C@@H]2O)c1. The summed E-state index contributed by atoms with van der Waals surface area (Å²) in [5, 5.41) is 22.2.